The second-order valence-corrected chi connectivity index (χ2v) is 6.25. The highest BCUT2D eigenvalue weighted by atomic mass is 16.5. The Labute approximate surface area is 119 Å². The molecule has 2 unspecified atom stereocenters. The second-order valence-electron chi connectivity index (χ2n) is 6.25. The molecule has 1 aliphatic rings. The minimum absolute atomic E-state index is 0.614. The van der Waals surface area contributed by atoms with Gasteiger partial charge in [0.25, 0.3) is 0 Å². The maximum absolute atomic E-state index is 5.67. The zero-order valence-electron chi connectivity index (χ0n) is 13.2. The predicted molar refractivity (Wildman–Crippen MR) is 82.5 cm³/mol. The van der Waals surface area contributed by atoms with Crippen molar-refractivity contribution in [1.82, 2.24) is 10.2 Å². The molecule has 1 rings (SSSR count). The van der Waals surface area contributed by atoms with Gasteiger partial charge in [0, 0.05) is 31.7 Å². The average molecular weight is 268 g/mol. The largest absolute Gasteiger partial charge is 0.380 e. The van der Waals surface area contributed by atoms with Gasteiger partial charge in [0.1, 0.15) is 0 Å². The quantitative estimate of drug-likeness (QED) is 0.541. The first kappa shape index (κ1) is 16.7. The summed E-state index contributed by atoms with van der Waals surface area (Å²) >= 11 is 0. The fourth-order valence-electron chi connectivity index (χ4n) is 2.67. The van der Waals surface area contributed by atoms with Crippen LogP contribution in [0.1, 0.15) is 34.1 Å². The van der Waals surface area contributed by atoms with E-state index in [4.69, 9.17) is 4.74 Å². The van der Waals surface area contributed by atoms with Crippen LogP contribution in [0.5, 0.6) is 0 Å². The Hall–Kier alpha value is -0.380. The van der Waals surface area contributed by atoms with Crippen LogP contribution in [0.25, 0.3) is 0 Å². The molecule has 112 valence electrons. The molecular weight excluding hydrogens is 236 g/mol. The van der Waals surface area contributed by atoms with Gasteiger partial charge in [-0.05, 0) is 18.3 Å². The average Bonchev–Trinajstić information content (AvgIpc) is 2.38. The van der Waals surface area contributed by atoms with Gasteiger partial charge in [-0.2, -0.15) is 0 Å². The lowest BCUT2D eigenvalue weighted by Gasteiger charge is -2.43. The first-order valence-corrected chi connectivity index (χ1v) is 7.72. The Morgan fingerprint density at radius 1 is 1.26 bits per heavy atom. The van der Waals surface area contributed by atoms with Crippen molar-refractivity contribution in [2.45, 2.75) is 46.2 Å². The Morgan fingerprint density at radius 2 is 2.00 bits per heavy atom. The molecule has 0 radical (unpaired) electrons. The summed E-state index contributed by atoms with van der Waals surface area (Å²) < 4.78 is 5.67. The Bertz CT molecular complexity index is 253. The molecule has 1 heterocycles. The van der Waals surface area contributed by atoms with Gasteiger partial charge >= 0.3 is 0 Å². The van der Waals surface area contributed by atoms with Gasteiger partial charge in [-0.1, -0.05) is 33.8 Å². The van der Waals surface area contributed by atoms with Crippen LogP contribution in [0.4, 0.5) is 0 Å². The summed E-state index contributed by atoms with van der Waals surface area (Å²) in [5.41, 5.74) is 0. The number of nitrogens with one attached hydrogen (secondary N) is 1. The molecule has 0 bridgehead atoms. The van der Waals surface area contributed by atoms with Crippen LogP contribution in [-0.2, 0) is 4.74 Å². The van der Waals surface area contributed by atoms with E-state index in [1.165, 1.54) is 0 Å². The lowest BCUT2D eigenvalue weighted by molar-refractivity contribution is 0.0447. The molecule has 0 aliphatic carbocycles. The van der Waals surface area contributed by atoms with Crippen molar-refractivity contribution < 1.29 is 4.74 Å². The minimum Gasteiger partial charge on any atom is -0.380 e. The van der Waals surface area contributed by atoms with Crippen LogP contribution in [0.2, 0.25) is 0 Å². The number of ether oxygens (including phenoxy) is 1. The predicted octanol–water partition coefficient (Wildman–Crippen LogP) is 2.53. The van der Waals surface area contributed by atoms with Crippen LogP contribution in [-0.4, -0.2) is 49.8 Å². The summed E-state index contributed by atoms with van der Waals surface area (Å²) in [5.74, 6) is 1.38. The molecule has 0 aromatic rings. The van der Waals surface area contributed by atoms with Crippen LogP contribution >= 0.6 is 0 Å². The summed E-state index contributed by atoms with van der Waals surface area (Å²) in [7, 11) is 0. The Balaban J connectivity index is 2.40. The summed E-state index contributed by atoms with van der Waals surface area (Å²) in [6.45, 7) is 17.9. The summed E-state index contributed by atoms with van der Waals surface area (Å²) in [5, 5.41) is 3.69. The standard InChI is InChI=1S/C16H32N2O/c1-6-7-9-19-10-8-18-12-15(13(2)3)17-11-16(18)14(4)5/h6,13-17H,1,7-12H2,2-5H3. The first-order chi connectivity index (χ1) is 9.06. The summed E-state index contributed by atoms with van der Waals surface area (Å²) in [4.78, 5) is 2.61. The summed E-state index contributed by atoms with van der Waals surface area (Å²) in [6, 6.07) is 1.25. The maximum atomic E-state index is 5.67. The van der Waals surface area contributed by atoms with E-state index >= 15 is 0 Å². The van der Waals surface area contributed by atoms with Gasteiger partial charge in [-0.3, -0.25) is 4.90 Å². The van der Waals surface area contributed by atoms with Crippen molar-refractivity contribution in [3.63, 3.8) is 0 Å². The van der Waals surface area contributed by atoms with Gasteiger partial charge in [0.15, 0.2) is 0 Å². The third-order valence-electron chi connectivity index (χ3n) is 4.05. The molecule has 0 amide bonds. The monoisotopic (exact) mass is 268 g/mol. The van der Waals surface area contributed by atoms with E-state index in [2.05, 4.69) is 44.5 Å². The molecule has 1 N–H and O–H groups in total. The zero-order valence-corrected chi connectivity index (χ0v) is 13.2. The summed E-state index contributed by atoms with van der Waals surface area (Å²) in [6.07, 6.45) is 2.86. The molecule has 2 atom stereocenters. The molecule has 0 aromatic carbocycles. The number of hydrogen-bond acceptors (Lipinski definition) is 3. The number of hydrogen-bond donors (Lipinski definition) is 1. The van der Waals surface area contributed by atoms with Gasteiger partial charge in [0.2, 0.25) is 0 Å². The van der Waals surface area contributed by atoms with Crippen molar-refractivity contribution in [2.24, 2.45) is 11.8 Å². The van der Waals surface area contributed by atoms with Gasteiger partial charge in [0.05, 0.1) is 13.2 Å². The molecule has 1 aliphatic heterocycles. The lowest BCUT2D eigenvalue weighted by Crippen LogP contribution is -2.60. The number of nitrogens with zero attached hydrogens (tertiary/aromatic N) is 1. The molecule has 0 spiro atoms. The topological polar surface area (TPSA) is 24.5 Å². The van der Waals surface area contributed by atoms with Crippen molar-refractivity contribution in [2.75, 3.05) is 32.8 Å². The first-order valence-electron chi connectivity index (χ1n) is 7.72. The zero-order chi connectivity index (χ0) is 14.3. The molecule has 19 heavy (non-hydrogen) atoms. The highest BCUT2D eigenvalue weighted by Crippen LogP contribution is 2.17. The molecule has 0 aromatic heterocycles. The Morgan fingerprint density at radius 3 is 2.58 bits per heavy atom. The van der Waals surface area contributed by atoms with Crippen molar-refractivity contribution in [1.29, 1.82) is 0 Å². The fourth-order valence-corrected chi connectivity index (χ4v) is 2.67. The van der Waals surface area contributed by atoms with Crippen molar-refractivity contribution in [3.8, 4) is 0 Å². The highest BCUT2D eigenvalue weighted by Gasteiger charge is 2.30. The Kier molecular flexibility index (Phi) is 7.66. The SMILES string of the molecule is C=CCCOCCN1CC(C(C)C)NCC1C(C)C. The molecule has 1 fully saturated rings. The fraction of sp³-hybridized carbons (Fsp3) is 0.875. The van der Waals surface area contributed by atoms with Gasteiger partial charge < -0.3 is 10.1 Å². The molecule has 0 saturated carbocycles. The molecule has 3 nitrogen and oxygen atoms in total. The minimum atomic E-state index is 0.614. The highest BCUT2D eigenvalue weighted by molar-refractivity contribution is 4.88. The van der Waals surface area contributed by atoms with Gasteiger partial charge in [-0.15, -0.1) is 6.58 Å². The van der Waals surface area contributed by atoms with E-state index < -0.39 is 0 Å². The lowest BCUT2D eigenvalue weighted by atomic mass is 9.94. The van der Waals surface area contributed by atoms with E-state index in [1.54, 1.807) is 0 Å². The van der Waals surface area contributed by atoms with E-state index in [1.807, 2.05) is 6.08 Å². The number of rotatable bonds is 8. The van der Waals surface area contributed by atoms with E-state index in [-0.39, 0.29) is 0 Å². The van der Waals surface area contributed by atoms with Crippen LogP contribution in [0.3, 0.4) is 0 Å². The van der Waals surface area contributed by atoms with Crippen molar-refractivity contribution in [3.05, 3.63) is 12.7 Å². The third-order valence-corrected chi connectivity index (χ3v) is 4.05. The van der Waals surface area contributed by atoms with E-state index in [0.717, 1.165) is 39.3 Å². The van der Waals surface area contributed by atoms with Crippen LogP contribution in [0.15, 0.2) is 12.7 Å². The van der Waals surface area contributed by atoms with Crippen LogP contribution in [0, 0.1) is 11.8 Å². The molecule has 1 saturated heterocycles. The second kappa shape index (κ2) is 8.72. The normalized spacial score (nSPS) is 25.2. The molecule has 3 heteroatoms. The van der Waals surface area contributed by atoms with E-state index in [9.17, 15) is 0 Å². The maximum Gasteiger partial charge on any atom is 0.0593 e. The van der Waals surface area contributed by atoms with Gasteiger partial charge in [-0.25, -0.2) is 0 Å². The number of piperazine rings is 1. The van der Waals surface area contributed by atoms with Crippen molar-refractivity contribution >= 4 is 0 Å². The van der Waals surface area contributed by atoms with Crippen LogP contribution < -0.4 is 5.32 Å². The molecular formula is C16H32N2O. The van der Waals surface area contributed by atoms with E-state index in [0.29, 0.717) is 23.9 Å². The third kappa shape index (κ3) is 5.64. The smallest absolute Gasteiger partial charge is 0.0593 e.